The van der Waals surface area contributed by atoms with Crippen LogP contribution in [0.5, 0.6) is 0 Å². The first kappa shape index (κ1) is 27.1. The summed E-state index contributed by atoms with van der Waals surface area (Å²) in [5.41, 5.74) is 1.01. The van der Waals surface area contributed by atoms with Crippen molar-refractivity contribution in [2.45, 2.75) is 22.4 Å². The maximum atomic E-state index is 13.3. The number of nitrogens with zero attached hydrogens (tertiary/aromatic N) is 3. The minimum absolute atomic E-state index is 0. The molecular formula is C22H26Cl2F3N3OS-2. The number of benzene rings is 2. The first-order valence-corrected chi connectivity index (χ1v) is 11.1. The quantitative estimate of drug-likeness (QED) is 0.504. The average molecular weight is 508 g/mol. The molecule has 4 rings (SSSR count). The van der Waals surface area contributed by atoms with E-state index in [1.807, 2.05) is 29.2 Å². The van der Waals surface area contributed by atoms with Crippen LogP contribution in [0.4, 0.5) is 24.5 Å². The monoisotopic (exact) mass is 507 g/mol. The minimum atomic E-state index is -4.35. The standard InChI is InChI=1S/C22H26F3N3OS.2ClH/c23-22(24,25)17-6-7-21-19(16-17)28(18-4-1-2-5-20(18)30-21)9-3-8-26-10-12-27(13-11-26)14-15-29;;/h1-2,4-7,16,29H,3,8-15H2;2*1H/p-2. The molecule has 32 heavy (non-hydrogen) atoms. The number of aliphatic hydroxyl groups excluding tert-OH is 1. The number of β-amino-alcohol motifs (C(OH)–C–C–N with tert-alkyl or cyclic N) is 1. The van der Waals surface area contributed by atoms with Gasteiger partial charge < -0.3 is 39.7 Å². The second kappa shape index (κ2) is 11.8. The van der Waals surface area contributed by atoms with Crippen LogP contribution in [0.2, 0.25) is 0 Å². The van der Waals surface area contributed by atoms with Crippen molar-refractivity contribution in [3.05, 3.63) is 48.0 Å². The fourth-order valence-electron chi connectivity index (χ4n) is 4.08. The zero-order chi connectivity index (χ0) is 21.1. The third kappa shape index (κ3) is 6.24. The summed E-state index contributed by atoms with van der Waals surface area (Å²) in [5, 5.41) is 9.07. The molecule has 10 heteroatoms. The lowest BCUT2D eigenvalue weighted by Crippen LogP contribution is -3.00. The number of hydrogen-bond acceptors (Lipinski definition) is 5. The zero-order valence-corrected chi connectivity index (χ0v) is 19.8. The van der Waals surface area contributed by atoms with Gasteiger partial charge in [-0.15, -0.1) is 0 Å². The van der Waals surface area contributed by atoms with E-state index in [2.05, 4.69) is 9.80 Å². The third-order valence-electron chi connectivity index (χ3n) is 5.69. The predicted molar refractivity (Wildman–Crippen MR) is 114 cm³/mol. The number of anilines is 2. The summed E-state index contributed by atoms with van der Waals surface area (Å²) in [4.78, 5) is 8.62. The van der Waals surface area contributed by atoms with Gasteiger partial charge in [-0.3, -0.25) is 4.90 Å². The number of fused-ring (bicyclic) bond motifs is 2. The lowest BCUT2D eigenvalue weighted by molar-refractivity contribution is -0.137. The highest BCUT2D eigenvalue weighted by Crippen LogP contribution is 2.49. The van der Waals surface area contributed by atoms with Crippen LogP contribution in [-0.4, -0.2) is 67.3 Å². The van der Waals surface area contributed by atoms with Crippen LogP contribution in [0, 0.1) is 0 Å². The highest BCUT2D eigenvalue weighted by Gasteiger charge is 2.33. The SMILES string of the molecule is OCCN1CCN(CCCN2c3ccccc3Sc3ccc(C(F)(F)F)cc32)CC1.[Cl-].[Cl-]. The van der Waals surface area contributed by atoms with E-state index in [1.165, 1.54) is 23.9 Å². The van der Waals surface area contributed by atoms with Crippen LogP contribution < -0.4 is 29.7 Å². The van der Waals surface area contributed by atoms with Crippen LogP contribution in [-0.2, 0) is 6.18 Å². The molecule has 2 aliphatic rings. The lowest BCUT2D eigenvalue weighted by Gasteiger charge is -2.36. The van der Waals surface area contributed by atoms with E-state index in [9.17, 15) is 13.2 Å². The van der Waals surface area contributed by atoms with Gasteiger partial charge in [-0.05, 0) is 43.3 Å². The molecule has 0 aromatic heterocycles. The summed E-state index contributed by atoms with van der Waals surface area (Å²) in [6.45, 7) is 6.29. The number of hydrogen-bond donors (Lipinski definition) is 1. The number of aliphatic hydroxyl groups is 1. The molecule has 2 aromatic carbocycles. The minimum Gasteiger partial charge on any atom is -1.00 e. The summed E-state index contributed by atoms with van der Waals surface area (Å²) >= 11 is 1.53. The lowest BCUT2D eigenvalue weighted by atomic mass is 10.1. The van der Waals surface area contributed by atoms with Gasteiger partial charge in [0.15, 0.2) is 0 Å². The Hall–Kier alpha value is -1.16. The van der Waals surface area contributed by atoms with Crippen molar-refractivity contribution >= 4 is 23.1 Å². The summed E-state index contributed by atoms with van der Waals surface area (Å²) in [6, 6.07) is 11.9. The molecule has 0 saturated carbocycles. The van der Waals surface area contributed by atoms with Crippen LogP contribution in [0.15, 0.2) is 52.3 Å². The maximum absolute atomic E-state index is 13.3. The molecule has 4 nitrogen and oxygen atoms in total. The van der Waals surface area contributed by atoms with Crippen molar-refractivity contribution < 1.29 is 43.1 Å². The van der Waals surface area contributed by atoms with Gasteiger partial charge in [0.1, 0.15) is 0 Å². The summed E-state index contributed by atoms with van der Waals surface area (Å²) in [5.74, 6) is 0. The van der Waals surface area contributed by atoms with Crippen molar-refractivity contribution in [3.63, 3.8) is 0 Å². The topological polar surface area (TPSA) is 30.0 Å². The molecule has 0 radical (unpaired) electrons. The van der Waals surface area contributed by atoms with E-state index < -0.39 is 11.7 Å². The number of alkyl halides is 3. The third-order valence-corrected chi connectivity index (χ3v) is 6.82. The molecule has 2 aromatic rings. The van der Waals surface area contributed by atoms with Crippen LogP contribution >= 0.6 is 11.8 Å². The molecule has 0 spiro atoms. The van der Waals surface area contributed by atoms with Crippen molar-refractivity contribution in [1.82, 2.24) is 9.80 Å². The van der Waals surface area contributed by atoms with Crippen LogP contribution in [0.1, 0.15) is 12.0 Å². The highest BCUT2D eigenvalue weighted by atomic mass is 35.5. The van der Waals surface area contributed by atoms with Gasteiger partial charge in [-0.1, -0.05) is 23.9 Å². The van der Waals surface area contributed by atoms with E-state index in [4.69, 9.17) is 5.11 Å². The van der Waals surface area contributed by atoms with Gasteiger partial charge in [0.25, 0.3) is 0 Å². The first-order chi connectivity index (χ1) is 14.5. The molecule has 178 valence electrons. The summed E-state index contributed by atoms with van der Waals surface area (Å²) in [7, 11) is 0. The zero-order valence-electron chi connectivity index (χ0n) is 17.5. The molecule has 1 fully saturated rings. The fraction of sp³-hybridized carbons (Fsp3) is 0.455. The van der Waals surface area contributed by atoms with Gasteiger partial charge in [0.05, 0.1) is 23.5 Å². The van der Waals surface area contributed by atoms with Gasteiger partial charge in [-0.2, -0.15) is 13.2 Å². The smallest absolute Gasteiger partial charge is 0.416 e. The first-order valence-electron chi connectivity index (χ1n) is 10.3. The largest absolute Gasteiger partial charge is 1.00 e. The molecule has 0 atom stereocenters. The van der Waals surface area contributed by atoms with Crippen molar-refractivity contribution in [1.29, 1.82) is 0 Å². The molecule has 2 heterocycles. The number of para-hydroxylation sites is 1. The number of rotatable bonds is 6. The Balaban J connectivity index is 0.00000181. The van der Waals surface area contributed by atoms with Gasteiger partial charge in [0.2, 0.25) is 0 Å². The molecule has 0 unspecified atom stereocenters. The molecule has 0 amide bonds. The van der Waals surface area contributed by atoms with E-state index in [0.717, 1.165) is 54.6 Å². The van der Waals surface area contributed by atoms with E-state index >= 15 is 0 Å². The van der Waals surface area contributed by atoms with Crippen LogP contribution in [0.3, 0.4) is 0 Å². The second-order valence-electron chi connectivity index (χ2n) is 7.66. The van der Waals surface area contributed by atoms with Gasteiger partial charge >= 0.3 is 6.18 Å². The van der Waals surface area contributed by atoms with E-state index in [0.29, 0.717) is 18.8 Å². The van der Waals surface area contributed by atoms with E-state index in [1.54, 1.807) is 6.07 Å². The van der Waals surface area contributed by atoms with Crippen molar-refractivity contribution in [3.8, 4) is 0 Å². The maximum Gasteiger partial charge on any atom is 0.416 e. The second-order valence-corrected chi connectivity index (χ2v) is 8.75. The van der Waals surface area contributed by atoms with Crippen LogP contribution in [0.25, 0.3) is 0 Å². The van der Waals surface area contributed by atoms with Crippen molar-refractivity contribution in [2.75, 3.05) is 57.3 Å². The predicted octanol–water partition coefficient (Wildman–Crippen LogP) is -1.68. The normalized spacial score (nSPS) is 16.6. The Morgan fingerprint density at radius 3 is 2.09 bits per heavy atom. The molecule has 1 N–H and O–H groups in total. The molecular weight excluding hydrogens is 482 g/mol. The Morgan fingerprint density at radius 2 is 1.44 bits per heavy atom. The number of halogens is 5. The summed E-state index contributed by atoms with van der Waals surface area (Å²) in [6.07, 6.45) is -3.48. The molecule has 1 saturated heterocycles. The molecule has 0 bridgehead atoms. The number of piperazine rings is 1. The Bertz CT molecular complexity index is 880. The van der Waals surface area contributed by atoms with E-state index in [-0.39, 0.29) is 31.4 Å². The van der Waals surface area contributed by atoms with Gasteiger partial charge in [-0.25, -0.2) is 0 Å². The summed E-state index contributed by atoms with van der Waals surface area (Å²) < 4.78 is 39.9. The molecule has 0 aliphatic carbocycles. The Morgan fingerprint density at radius 1 is 0.812 bits per heavy atom. The highest BCUT2D eigenvalue weighted by molar-refractivity contribution is 7.99. The molecule has 2 aliphatic heterocycles. The Kier molecular flexibility index (Phi) is 10.00. The van der Waals surface area contributed by atoms with Crippen molar-refractivity contribution in [2.24, 2.45) is 0 Å². The average Bonchev–Trinajstić information content (AvgIpc) is 2.73. The van der Waals surface area contributed by atoms with Gasteiger partial charge in [0, 0.05) is 49.1 Å². The Labute approximate surface area is 203 Å². The fourth-order valence-corrected chi connectivity index (χ4v) is 5.15.